The highest BCUT2D eigenvalue weighted by molar-refractivity contribution is 6.07. The van der Waals surface area contributed by atoms with Gasteiger partial charge in [0.1, 0.15) is 11.2 Å². The Morgan fingerprint density at radius 2 is 1.88 bits per heavy atom. The fourth-order valence-corrected chi connectivity index (χ4v) is 3.24. The number of nitrogens with zero attached hydrogens (tertiary/aromatic N) is 2. The lowest BCUT2D eigenvalue weighted by molar-refractivity contribution is -0.115. The summed E-state index contributed by atoms with van der Waals surface area (Å²) in [7, 11) is 1.89. The Morgan fingerprint density at radius 3 is 2.64 bits per heavy atom. The summed E-state index contributed by atoms with van der Waals surface area (Å²) in [6.07, 6.45) is 0.315. The number of amides is 1. The smallest absolute Gasteiger partial charge is 0.228 e. The Kier molecular flexibility index (Phi) is 3.57. The molecule has 0 bridgehead atoms. The van der Waals surface area contributed by atoms with E-state index >= 15 is 0 Å². The Hall–Kier alpha value is -3.08. The predicted octanol–water partition coefficient (Wildman–Crippen LogP) is 4.12. The van der Waals surface area contributed by atoms with Gasteiger partial charge in [-0.2, -0.15) is 5.10 Å². The predicted molar refractivity (Wildman–Crippen MR) is 98.7 cm³/mol. The number of rotatable bonds is 3. The molecule has 0 radical (unpaired) electrons. The van der Waals surface area contributed by atoms with E-state index in [1.807, 2.05) is 68.0 Å². The zero-order valence-electron chi connectivity index (χ0n) is 14.5. The molecular formula is C20H19N3O2. The lowest BCUT2D eigenvalue weighted by atomic mass is 10.1. The maximum Gasteiger partial charge on any atom is 0.228 e. The van der Waals surface area contributed by atoms with Gasteiger partial charge in [0.25, 0.3) is 0 Å². The molecule has 25 heavy (non-hydrogen) atoms. The van der Waals surface area contributed by atoms with Crippen LogP contribution in [0.1, 0.15) is 17.0 Å². The van der Waals surface area contributed by atoms with E-state index in [0.29, 0.717) is 6.42 Å². The maximum atomic E-state index is 12.5. The number of anilines is 1. The minimum absolute atomic E-state index is 0.0497. The number of carbonyl (C=O) groups excluding carboxylic acids is 1. The molecule has 0 unspecified atom stereocenters. The van der Waals surface area contributed by atoms with Gasteiger partial charge in [0.15, 0.2) is 0 Å². The molecule has 0 aliphatic heterocycles. The molecule has 126 valence electrons. The summed E-state index contributed by atoms with van der Waals surface area (Å²) in [5, 5.41) is 9.40. The molecule has 5 heteroatoms. The van der Waals surface area contributed by atoms with Gasteiger partial charge in [-0.3, -0.25) is 9.48 Å². The van der Waals surface area contributed by atoms with Crippen molar-refractivity contribution in [3.05, 3.63) is 59.4 Å². The van der Waals surface area contributed by atoms with E-state index in [1.54, 1.807) is 0 Å². The molecule has 2 heterocycles. The summed E-state index contributed by atoms with van der Waals surface area (Å²) >= 11 is 0. The van der Waals surface area contributed by atoms with Crippen molar-refractivity contribution in [2.75, 3.05) is 5.32 Å². The van der Waals surface area contributed by atoms with E-state index < -0.39 is 0 Å². The SMILES string of the molecule is Cc1nn(C)c(C)c1CC(=O)Nc1ccc2oc3ccccc3c2c1. The summed E-state index contributed by atoms with van der Waals surface area (Å²) in [4.78, 5) is 12.5. The van der Waals surface area contributed by atoms with Crippen LogP contribution in [0.15, 0.2) is 46.9 Å². The quantitative estimate of drug-likeness (QED) is 0.613. The number of nitrogens with one attached hydrogen (secondary N) is 1. The molecule has 0 fully saturated rings. The molecule has 1 amide bonds. The van der Waals surface area contributed by atoms with Gasteiger partial charge in [-0.15, -0.1) is 0 Å². The third-order valence-corrected chi connectivity index (χ3v) is 4.66. The van der Waals surface area contributed by atoms with Crippen LogP contribution in [0.5, 0.6) is 0 Å². The number of fused-ring (bicyclic) bond motifs is 3. The molecule has 4 aromatic rings. The topological polar surface area (TPSA) is 60.1 Å². The average Bonchev–Trinajstić information content (AvgIpc) is 3.07. The van der Waals surface area contributed by atoms with Crippen LogP contribution >= 0.6 is 0 Å². The van der Waals surface area contributed by atoms with E-state index in [-0.39, 0.29) is 5.91 Å². The minimum atomic E-state index is -0.0497. The number of benzene rings is 2. The molecule has 2 aromatic heterocycles. The largest absolute Gasteiger partial charge is 0.456 e. The second-order valence-corrected chi connectivity index (χ2v) is 6.31. The zero-order valence-corrected chi connectivity index (χ0v) is 14.5. The lowest BCUT2D eigenvalue weighted by Gasteiger charge is -2.06. The normalized spacial score (nSPS) is 11.3. The molecular weight excluding hydrogens is 314 g/mol. The first-order valence-corrected chi connectivity index (χ1v) is 8.23. The molecule has 4 rings (SSSR count). The van der Waals surface area contributed by atoms with Crippen molar-refractivity contribution < 1.29 is 9.21 Å². The van der Waals surface area contributed by atoms with E-state index in [0.717, 1.165) is 44.6 Å². The molecule has 0 spiro atoms. The highest BCUT2D eigenvalue weighted by Crippen LogP contribution is 2.30. The van der Waals surface area contributed by atoms with Crippen molar-refractivity contribution in [3.8, 4) is 0 Å². The zero-order chi connectivity index (χ0) is 17.6. The average molecular weight is 333 g/mol. The summed E-state index contributed by atoms with van der Waals surface area (Å²) in [5.74, 6) is -0.0497. The highest BCUT2D eigenvalue weighted by atomic mass is 16.3. The minimum Gasteiger partial charge on any atom is -0.456 e. The van der Waals surface area contributed by atoms with Crippen molar-refractivity contribution in [1.29, 1.82) is 0 Å². The Balaban J connectivity index is 1.61. The second kappa shape index (κ2) is 5.77. The summed E-state index contributed by atoms with van der Waals surface area (Å²) < 4.78 is 7.63. The molecule has 0 saturated heterocycles. The van der Waals surface area contributed by atoms with Crippen LogP contribution in [0, 0.1) is 13.8 Å². The Labute approximate surface area is 145 Å². The molecule has 0 aliphatic rings. The van der Waals surface area contributed by atoms with Gasteiger partial charge >= 0.3 is 0 Å². The van der Waals surface area contributed by atoms with E-state index in [9.17, 15) is 4.79 Å². The number of carbonyl (C=O) groups is 1. The third-order valence-electron chi connectivity index (χ3n) is 4.66. The number of aromatic nitrogens is 2. The lowest BCUT2D eigenvalue weighted by Crippen LogP contribution is -2.15. The molecule has 0 aliphatic carbocycles. The van der Waals surface area contributed by atoms with Crippen LogP contribution in [-0.2, 0) is 18.3 Å². The van der Waals surface area contributed by atoms with Crippen LogP contribution in [0.25, 0.3) is 21.9 Å². The van der Waals surface area contributed by atoms with Crippen molar-refractivity contribution >= 4 is 33.5 Å². The second-order valence-electron chi connectivity index (χ2n) is 6.31. The number of hydrogen-bond donors (Lipinski definition) is 1. The monoisotopic (exact) mass is 333 g/mol. The summed E-state index contributed by atoms with van der Waals surface area (Å²) in [5.41, 5.74) is 5.33. The number of aryl methyl sites for hydroxylation is 2. The first-order chi connectivity index (χ1) is 12.0. The van der Waals surface area contributed by atoms with Crippen LogP contribution in [-0.4, -0.2) is 15.7 Å². The van der Waals surface area contributed by atoms with Crippen molar-refractivity contribution in [2.24, 2.45) is 7.05 Å². The van der Waals surface area contributed by atoms with Gasteiger partial charge in [0.2, 0.25) is 5.91 Å². The van der Waals surface area contributed by atoms with Gasteiger partial charge < -0.3 is 9.73 Å². The molecule has 2 aromatic carbocycles. The van der Waals surface area contributed by atoms with Gasteiger partial charge in [-0.1, -0.05) is 18.2 Å². The van der Waals surface area contributed by atoms with Crippen LogP contribution in [0.3, 0.4) is 0 Å². The Bertz CT molecular complexity index is 1100. The fraction of sp³-hybridized carbons (Fsp3) is 0.200. The van der Waals surface area contributed by atoms with Crippen molar-refractivity contribution in [1.82, 2.24) is 9.78 Å². The fourth-order valence-electron chi connectivity index (χ4n) is 3.24. The molecule has 0 atom stereocenters. The van der Waals surface area contributed by atoms with Gasteiger partial charge in [0, 0.05) is 34.8 Å². The number of hydrogen-bond acceptors (Lipinski definition) is 3. The standard InChI is InChI=1S/C20H19N3O2/c1-12-16(13(2)23(3)22-12)11-20(24)21-14-8-9-19-17(10-14)15-6-4-5-7-18(15)25-19/h4-10H,11H2,1-3H3,(H,21,24). The van der Waals surface area contributed by atoms with Gasteiger partial charge in [-0.05, 0) is 38.1 Å². The van der Waals surface area contributed by atoms with Gasteiger partial charge in [0.05, 0.1) is 12.1 Å². The number of furan rings is 1. The van der Waals surface area contributed by atoms with E-state index in [1.165, 1.54) is 0 Å². The van der Waals surface area contributed by atoms with Crippen LogP contribution in [0.2, 0.25) is 0 Å². The first kappa shape index (κ1) is 15.4. The van der Waals surface area contributed by atoms with E-state index in [4.69, 9.17) is 4.42 Å². The first-order valence-electron chi connectivity index (χ1n) is 8.23. The number of para-hydroxylation sites is 1. The Morgan fingerprint density at radius 1 is 1.12 bits per heavy atom. The van der Waals surface area contributed by atoms with Crippen LogP contribution in [0.4, 0.5) is 5.69 Å². The molecule has 1 N–H and O–H groups in total. The van der Waals surface area contributed by atoms with E-state index in [2.05, 4.69) is 10.4 Å². The maximum absolute atomic E-state index is 12.5. The summed E-state index contributed by atoms with van der Waals surface area (Å²) in [6, 6.07) is 13.6. The van der Waals surface area contributed by atoms with Gasteiger partial charge in [-0.25, -0.2) is 0 Å². The van der Waals surface area contributed by atoms with Crippen molar-refractivity contribution in [2.45, 2.75) is 20.3 Å². The van der Waals surface area contributed by atoms with Crippen LogP contribution < -0.4 is 5.32 Å². The molecule has 5 nitrogen and oxygen atoms in total. The molecule has 0 saturated carbocycles. The third kappa shape index (κ3) is 2.67. The van der Waals surface area contributed by atoms with Crippen molar-refractivity contribution in [3.63, 3.8) is 0 Å². The highest BCUT2D eigenvalue weighted by Gasteiger charge is 2.14. The summed E-state index contributed by atoms with van der Waals surface area (Å²) in [6.45, 7) is 3.91.